The summed E-state index contributed by atoms with van der Waals surface area (Å²) in [5.41, 5.74) is -0.119. The summed E-state index contributed by atoms with van der Waals surface area (Å²) in [7, 11) is -2.66. The Labute approximate surface area is 149 Å². The second-order valence-corrected chi connectivity index (χ2v) is 9.96. The van der Waals surface area contributed by atoms with Crippen LogP contribution in [0.2, 0.25) is 0 Å². The van der Waals surface area contributed by atoms with Crippen molar-refractivity contribution in [3.63, 3.8) is 0 Å². The minimum absolute atomic E-state index is 0.0392. The highest BCUT2D eigenvalue weighted by Crippen LogP contribution is 2.28. The average Bonchev–Trinajstić information content (AvgIpc) is 2.49. The first-order chi connectivity index (χ1) is 11.5. The van der Waals surface area contributed by atoms with E-state index >= 15 is 0 Å². The standard InChI is InChI=1S/C18H26N2O4S/c1-13-15(11-20(13)17(22)24-18(2,3)4)12-25(5,23)19-16(21)14-9-7-6-8-10-14/h6-10,13,15H,11-12H2,1-5H3/t13-,15-,25?/m0/s1. The Morgan fingerprint density at radius 3 is 2.40 bits per heavy atom. The number of amides is 2. The number of likely N-dealkylation sites (tertiary alicyclic amines) is 1. The topological polar surface area (TPSA) is 76.0 Å². The van der Waals surface area contributed by atoms with Gasteiger partial charge in [-0.3, -0.25) is 4.79 Å². The molecular formula is C18H26N2O4S. The first-order valence-electron chi connectivity index (χ1n) is 8.27. The number of carbonyl (C=O) groups excluding carboxylic acids is 2. The third-order valence-electron chi connectivity index (χ3n) is 4.05. The van der Waals surface area contributed by atoms with E-state index in [4.69, 9.17) is 4.74 Å². The van der Waals surface area contributed by atoms with Gasteiger partial charge in [-0.25, -0.2) is 9.00 Å². The summed E-state index contributed by atoms with van der Waals surface area (Å²) in [6.45, 7) is 7.82. The molecule has 3 atom stereocenters. The zero-order valence-corrected chi connectivity index (χ0v) is 16.2. The molecule has 0 radical (unpaired) electrons. The second-order valence-electron chi connectivity index (χ2n) is 7.52. The molecule has 7 heteroatoms. The van der Waals surface area contributed by atoms with E-state index < -0.39 is 21.2 Å². The molecule has 1 aliphatic heterocycles. The molecule has 0 saturated carbocycles. The molecule has 138 valence electrons. The first kappa shape index (κ1) is 19.4. The van der Waals surface area contributed by atoms with E-state index in [1.165, 1.54) is 6.26 Å². The fourth-order valence-electron chi connectivity index (χ4n) is 2.68. The lowest BCUT2D eigenvalue weighted by Gasteiger charge is -2.46. The van der Waals surface area contributed by atoms with Gasteiger partial charge in [-0.05, 0) is 39.8 Å². The predicted octanol–water partition coefficient (Wildman–Crippen LogP) is 3.18. The number of rotatable bonds is 3. The zero-order valence-electron chi connectivity index (χ0n) is 15.4. The molecule has 0 aromatic heterocycles. The van der Waals surface area contributed by atoms with Gasteiger partial charge in [-0.2, -0.15) is 4.36 Å². The molecule has 2 rings (SSSR count). The van der Waals surface area contributed by atoms with Gasteiger partial charge < -0.3 is 9.64 Å². The van der Waals surface area contributed by atoms with Gasteiger partial charge in [0.15, 0.2) is 0 Å². The Bertz CT molecular complexity index is 761. The van der Waals surface area contributed by atoms with Crippen molar-refractivity contribution in [2.75, 3.05) is 18.6 Å². The lowest BCUT2D eigenvalue weighted by molar-refractivity contribution is -0.0201. The third kappa shape index (κ3) is 5.29. The molecular weight excluding hydrogens is 340 g/mol. The van der Waals surface area contributed by atoms with Gasteiger partial charge in [0, 0.05) is 36.1 Å². The number of hydrogen-bond donors (Lipinski definition) is 0. The third-order valence-corrected chi connectivity index (χ3v) is 5.65. The van der Waals surface area contributed by atoms with E-state index in [1.54, 1.807) is 35.2 Å². The fraction of sp³-hybridized carbons (Fsp3) is 0.556. The van der Waals surface area contributed by atoms with Crippen molar-refractivity contribution in [2.45, 2.75) is 39.3 Å². The Morgan fingerprint density at radius 2 is 1.88 bits per heavy atom. The fourth-order valence-corrected chi connectivity index (χ4v) is 4.39. The van der Waals surface area contributed by atoms with Crippen molar-refractivity contribution in [2.24, 2.45) is 10.3 Å². The van der Waals surface area contributed by atoms with Crippen LogP contribution >= 0.6 is 0 Å². The lowest BCUT2D eigenvalue weighted by Crippen LogP contribution is -2.59. The molecule has 0 spiro atoms. The van der Waals surface area contributed by atoms with Gasteiger partial charge in [-0.15, -0.1) is 0 Å². The summed E-state index contributed by atoms with van der Waals surface area (Å²) in [5, 5.41) is 0. The van der Waals surface area contributed by atoms with Crippen LogP contribution in [0.1, 0.15) is 38.1 Å². The summed E-state index contributed by atoms with van der Waals surface area (Å²) < 4.78 is 22.0. The van der Waals surface area contributed by atoms with Gasteiger partial charge in [0.2, 0.25) is 0 Å². The molecule has 0 N–H and O–H groups in total. The summed E-state index contributed by atoms with van der Waals surface area (Å²) in [5.74, 6) is -0.145. The van der Waals surface area contributed by atoms with Gasteiger partial charge >= 0.3 is 6.09 Å². The van der Waals surface area contributed by atoms with Crippen molar-refractivity contribution in [1.29, 1.82) is 0 Å². The van der Waals surface area contributed by atoms with Gasteiger partial charge in [-0.1, -0.05) is 18.2 Å². The van der Waals surface area contributed by atoms with Crippen molar-refractivity contribution in [1.82, 2.24) is 4.90 Å². The SMILES string of the molecule is C[C@H]1[C@H](CS(C)(=O)=NC(=O)c2ccccc2)CN1C(=O)OC(C)(C)C. The van der Waals surface area contributed by atoms with Gasteiger partial charge in [0.25, 0.3) is 5.91 Å². The molecule has 6 nitrogen and oxygen atoms in total. The summed E-state index contributed by atoms with van der Waals surface area (Å²) in [6, 6.07) is 8.51. The minimum atomic E-state index is -2.66. The van der Waals surface area contributed by atoms with Crippen LogP contribution in [0, 0.1) is 5.92 Å². The second kappa shape index (κ2) is 7.15. The average molecular weight is 366 g/mol. The Morgan fingerprint density at radius 1 is 1.28 bits per heavy atom. The van der Waals surface area contributed by atoms with Crippen LogP contribution in [0.25, 0.3) is 0 Å². The first-order valence-corrected chi connectivity index (χ1v) is 10.4. The molecule has 1 aromatic rings. The van der Waals surface area contributed by atoms with E-state index in [2.05, 4.69) is 4.36 Å². The number of ether oxygens (including phenoxy) is 1. The Kier molecular flexibility index (Phi) is 5.56. The highest BCUT2D eigenvalue weighted by molar-refractivity contribution is 7.93. The molecule has 1 fully saturated rings. The highest BCUT2D eigenvalue weighted by atomic mass is 32.2. The maximum absolute atomic E-state index is 12.7. The maximum atomic E-state index is 12.7. The normalized spacial score (nSPS) is 22.5. The van der Waals surface area contributed by atoms with Crippen LogP contribution in [0.15, 0.2) is 34.7 Å². The Balaban J connectivity index is 1.98. The summed E-state index contributed by atoms with van der Waals surface area (Å²) >= 11 is 0. The number of benzene rings is 1. The molecule has 0 bridgehead atoms. The van der Waals surface area contributed by atoms with Crippen molar-refractivity contribution in [3.05, 3.63) is 35.9 Å². The molecule has 25 heavy (non-hydrogen) atoms. The Hall–Kier alpha value is -1.89. The number of hydrogen-bond acceptors (Lipinski definition) is 4. The number of nitrogens with zero attached hydrogens (tertiary/aromatic N) is 2. The lowest BCUT2D eigenvalue weighted by atomic mass is 9.92. The highest BCUT2D eigenvalue weighted by Gasteiger charge is 2.41. The molecule has 1 aliphatic rings. The van der Waals surface area contributed by atoms with Crippen LogP contribution in [0.5, 0.6) is 0 Å². The molecule has 1 saturated heterocycles. The zero-order chi connectivity index (χ0) is 18.8. The minimum Gasteiger partial charge on any atom is -0.444 e. The summed E-state index contributed by atoms with van der Waals surface area (Å²) in [6.07, 6.45) is 1.13. The van der Waals surface area contributed by atoms with E-state index in [0.717, 1.165) is 0 Å². The van der Waals surface area contributed by atoms with Crippen molar-refractivity contribution < 1.29 is 18.5 Å². The molecule has 2 amide bonds. The van der Waals surface area contributed by atoms with E-state index in [0.29, 0.717) is 12.1 Å². The van der Waals surface area contributed by atoms with E-state index in [-0.39, 0.29) is 23.8 Å². The molecule has 1 unspecified atom stereocenters. The maximum Gasteiger partial charge on any atom is 0.410 e. The van der Waals surface area contributed by atoms with Gasteiger partial charge in [0.1, 0.15) is 5.60 Å². The van der Waals surface area contributed by atoms with Crippen LogP contribution < -0.4 is 0 Å². The van der Waals surface area contributed by atoms with E-state index in [9.17, 15) is 13.8 Å². The van der Waals surface area contributed by atoms with Crippen LogP contribution in [-0.2, 0) is 14.5 Å². The van der Waals surface area contributed by atoms with Crippen LogP contribution in [0.3, 0.4) is 0 Å². The van der Waals surface area contributed by atoms with Crippen molar-refractivity contribution >= 4 is 21.7 Å². The van der Waals surface area contributed by atoms with E-state index in [1.807, 2.05) is 27.7 Å². The predicted molar refractivity (Wildman–Crippen MR) is 98.0 cm³/mol. The molecule has 1 aromatic carbocycles. The monoisotopic (exact) mass is 366 g/mol. The smallest absolute Gasteiger partial charge is 0.410 e. The molecule has 1 heterocycles. The largest absolute Gasteiger partial charge is 0.444 e. The number of carbonyl (C=O) groups is 2. The summed E-state index contributed by atoms with van der Waals surface area (Å²) in [4.78, 5) is 25.8. The van der Waals surface area contributed by atoms with Gasteiger partial charge in [0.05, 0.1) is 9.73 Å². The van der Waals surface area contributed by atoms with Crippen molar-refractivity contribution in [3.8, 4) is 0 Å². The van der Waals surface area contributed by atoms with Crippen LogP contribution in [0.4, 0.5) is 4.79 Å². The van der Waals surface area contributed by atoms with Crippen LogP contribution in [-0.4, -0.2) is 51.3 Å². The molecule has 0 aliphatic carbocycles. The quantitative estimate of drug-likeness (QED) is 0.823.